The average molecular weight is 257 g/mol. The Morgan fingerprint density at radius 1 is 1.56 bits per heavy atom. The molecule has 1 amide bonds. The summed E-state index contributed by atoms with van der Waals surface area (Å²) in [6, 6.07) is 0.0600. The Labute approximate surface area is 110 Å². The van der Waals surface area contributed by atoms with E-state index in [0.29, 0.717) is 12.5 Å². The number of carbonyl (C=O) groups excluding carboxylic acids is 1. The second-order valence-electron chi connectivity index (χ2n) is 6.21. The second-order valence-corrected chi connectivity index (χ2v) is 6.21. The van der Waals surface area contributed by atoms with Gasteiger partial charge in [0.05, 0.1) is 6.04 Å². The van der Waals surface area contributed by atoms with Crippen LogP contribution < -0.4 is 5.73 Å². The van der Waals surface area contributed by atoms with Crippen molar-refractivity contribution in [1.29, 1.82) is 0 Å². The molecule has 0 aromatic heterocycles. The highest BCUT2D eigenvalue weighted by atomic mass is 16.6. The molecule has 1 aliphatic heterocycles. The van der Waals surface area contributed by atoms with Crippen molar-refractivity contribution in [3.8, 4) is 0 Å². The lowest BCUT2D eigenvalue weighted by Gasteiger charge is -2.33. The van der Waals surface area contributed by atoms with Gasteiger partial charge < -0.3 is 20.3 Å². The van der Waals surface area contributed by atoms with Gasteiger partial charge in [-0.25, -0.2) is 4.79 Å². The molecule has 18 heavy (non-hydrogen) atoms. The lowest BCUT2D eigenvalue weighted by atomic mass is 9.98. The third-order valence-electron chi connectivity index (χ3n) is 3.39. The van der Waals surface area contributed by atoms with E-state index in [1.165, 1.54) is 0 Å². The normalized spacial score (nSPS) is 22.9. The van der Waals surface area contributed by atoms with E-state index in [1.54, 1.807) is 11.9 Å². The summed E-state index contributed by atoms with van der Waals surface area (Å²) in [5.41, 5.74) is 5.37. The molecule has 0 aromatic rings. The predicted molar refractivity (Wildman–Crippen MR) is 72.4 cm³/mol. The van der Waals surface area contributed by atoms with E-state index in [9.17, 15) is 4.79 Å². The van der Waals surface area contributed by atoms with E-state index in [1.807, 2.05) is 20.8 Å². The molecular formula is C13H27N3O2. The minimum atomic E-state index is -0.461. The zero-order valence-electron chi connectivity index (χ0n) is 12.3. The Hall–Kier alpha value is -0.810. The van der Waals surface area contributed by atoms with Gasteiger partial charge in [0.1, 0.15) is 5.60 Å². The van der Waals surface area contributed by atoms with Gasteiger partial charge in [0.2, 0.25) is 0 Å². The predicted octanol–water partition coefficient (Wildman–Crippen LogP) is 1.13. The van der Waals surface area contributed by atoms with Gasteiger partial charge in [-0.2, -0.15) is 0 Å². The summed E-state index contributed by atoms with van der Waals surface area (Å²) in [4.78, 5) is 16.0. The first-order valence-corrected chi connectivity index (χ1v) is 6.59. The van der Waals surface area contributed by atoms with Crippen LogP contribution in [0.15, 0.2) is 0 Å². The van der Waals surface area contributed by atoms with Crippen LogP contribution in [0, 0.1) is 5.92 Å². The van der Waals surface area contributed by atoms with Crippen LogP contribution in [-0.2, 0) is 4.74 Å². The van der Waals surface area contributed by atoms with E-state index in [0.717, 1.165) is 19.5 Å². The topological polar surface area (TPSA) is 58.8 Å². The van der Waals surface area contributed by atoms with Gasteiger partial charge in [0, 0.05) is 20.1 Å². The number of rotatable bonds is 3. The number of hydrogen-bond donors (Lipinski definition) is 1. The summed E-state index contributed by atoms with van der Waals surface area (Å²) in [5, 5.41) is 0. The van der Waals surface area contributed by atoms with Crippen molar-refractivity contribution in [3.63, 3.8) is 0 Å². The lowest BCUT2D eigenvalue weighted by molar-refractivity contribution is 0.0177. The molecule has 0 saturated carbocycles. The molecule has 0 radical (unpaired) electrons. The Morgan fingerprint density at radius 2 is 2.17 bits per heavy atom. The lowest BCUT2D eigenvalue weighted by Crippen LogP contribution is -2.48. The molecule has 2 N–H and O–H groups in total. The Morgan fingerprint density at radius 3 is 2.56 bits per heavy atom. The number of likely N-dealkylation sites (tertiary alicyclic amines) is 1. The maximum Gasteiger partial charge on any atom is 0.410 e. The molecule has 2 atom stereocenters. The van der Waals surface area contributed by atoms with Crippen LogP contribution in [0.5, 0.6) is 0 Å². The Kier molecular flexibility index (Phi) is 4.99. The highest BCUT2D eigenvalue weighted by Crippen LogP contribution is 2.22. The quantitative estimate of drug-likeness (QED) is 0.823. The summed E-state index contributed by atoms with van der Waals surface area (Å²) in [6.07, 6.45) is 0.804. The molecule has 106 valence electrons. The van der Waals surface area contributed by atoms with Crippen molar-refractivity contribution in [3.05, 3.63) is 0 Å². The highest BCUT2D eigenvalue weighted by Gasteiger charge is 2.33. The van der Waals surface area contributed by atoms with Crippen LogP contribution in [0.4, 0.5) is 4.79 Å². The van der Waals surface area contributed by atoms with Gasteiger partial charge in [-0.05, 0) is 46.7 Å². The number of amides is 1. The van der Waals surface area contributed by atoms with Gasteiger partial charge in [0.25, 0.3) is 0 Å². The molecule has 0 aromatic carbocycles. The van der Waals surface area contributed by atoms with Gasteiger partial charge in [0.15, 0.2) is 0 Å². The first kappa shape index (κ1) is 15.2. The van der Waals surface area contributed by atoms with Crippen molar-refractivity contribution in [2.75, 3.05) is 33.7 Å². The van der Waals surface area contributed by atoms with Crippen molar-refractivity contribution >= 4 is 6.09 Å². The fourth-order valence-corrected chi connectivity index (χ4v) is 2.42. The number of nitrogens with two attached hydrogens (primary N) is 1. The van der Waals surface area contributed by atoms with Crippen LogP contribution in [0.3, 0.4) is 0 Å². The van der Waals surface area contributed by atoms with Gasteiger partial charge in [-0.15, -0.1) is 0 Å². The summed E-state index contributed by atoms with van der Waals surface area (Å²) in [5.74, 6) is 0.442. The minimum absolute atomic E-state index is 0.0600. The molecular weight excluding hydrogens is 230 g/mol. The van der Waals surface area contributed by atoms with Gasteiger partial charge in [-0.3, -0.25) is 0 Å². The fraction of sp³-hybridized carbons (Fsp3) is 0.923. The average Bonchev–Trinajstić information content (AvgIpc) is 2.63. The monoisotopic (exact) mass is 257 g/mol. The van der Waals surface area contributed by atoms with Crippen molar-refractivity contribution in [2.24, 2.45) is 11.7 Å². The summed E-state index contributed by atoms with van der Waals surface area (Å²) in [7, 11) is 3.88. The van der Waals surface area contributed by atoms with Crippen LogP contribution >= 0.6 is 0 Å². The number of nitrogens with zero attached hydrogens (tertiary/aromatic N) is 2. The van der Waals surface area contributed by atoms with Crippen LogP contribution in [-0.4, -0.2) is 61.3 Å². The van der Waals surface area contributed by atoms with E-state index >= 15 is 0 Å². The van der Waals surface area contributed by atoms with Gasteiger partial charge in [-0.1, -0.05) is 0 Å². The third kappa shape index (κ3) is 4.14. The summed E-state index contributed by atoms with van der Waals surface area (Å²) >= 11 is 0. The SMILES string of the molecule is CN1CCC(C(CN)N(C)C(=O)OC(C)(C)C)C1. The number of likely N-dealkylation sites (N-methyl/N-ethyl adjacent to an activating group) is 1. The molecule has 2 unspecified atom stereocenters. The number of carbonyl (C=O) groups is 1. The first-order valence-electron chi connectivity index (χ1n) is 6.59. The van der Waals surface area contributed by atoms with E-state index in [2.05, 4.69) is 11.9 Å². The maximum atomic E-state index is 12.0. The zero-order valence-corrected chi connectivity index (χ0v) is 12.3. The molecule has 1 aliphatic rings. The maximum absolute atomic E-state index is 12.0. The minimum Gasteiger partial charge on any atom is -0.444 e. The fourth-order valence-electron chi connectivity index (χ4n) is 2.42. The molecule has 0 bridgehead atoms. The smallest absolute Gasteiger partial charge is 0.410 e. The van der Waals surface area contributed by atoms with Crippen LogP contribution in [0.2, 0.25) is 0 Å². The van der Waals surface area contributed by atoms with E-state index < -0.39 is 5.60 Å². The van der Waals surface area contributed by atoms with Crippen molar-refractivity contribution < 1.29 is 9.53 Å². The molecule has 0 spiro atoms. The number of hydrogen-bond acceptors (Lipinski definition) is 4. The molecule has 1 heterocycles. The molecule has 0 aliphatic carbocycles. The molecule has 1 rings (SSSR count). The molecule has 1 saturated heterocycles. The second kappa shape index (κ2) is 5.89. The summed E-state index contributed by atoms with van der Waals surface area (Å²) < 4.78 is 5.39. The largest absolute Gasteiger partial charge is 0.444 e. The molecule has 1 fully saturated rings. The van der Waals surface area contributed by atoms with Crippen molar-refractivity contribution in [2.45, 2.75) is 38.8 Å². The van der Waals surface area contributed by atoms with Crippen LogP contribution in [0.1, 0.15) is 27.2 Å². The Balaban J connectivity index is 2.61. The zero-order chi connectivity index (χ0) is 13.9. The first-order chi connectivity index (χ1) is 8.24. The number of ether oxygens (including phenoxy) is 1. The standard InChI is InChI=1S/C13H27N3O2/c1-13(2,3)18-12(17)16(5)11(8-14)10-6-7-15(4)9-10/h10-11H,6-9,14H2,1-5H3. The molecule has 5 nitrogen and oxygen atoms in total. The summed E-state index contributed by atoms with van der Waals surface area (Å²) in [6.45, 7) is 8.17. The van der Waals surface area contributed by atoms with E-state index in [4.69, 9.17) is 10.5 Å². The molecule has 5 heteroatoms. The highest BCUT2D eigenvalue weighted by molar-refractivity contribution is 5.68. The van der Waals surface area contributed by atoms with Crippen LogP contribution in [0.25, 0.3) is 0 Å². The van der Waals surface area contributed by atoms with E-state index in [-0.39, 0.29) is 12.1 Å². The van der Waals surface area contributed by atoms with Crippen molar-refractivity contribution in [1.82, 2.24) is 9.80 Å². The third-order valence-corrected chi connectivity index (χ3v) is 3.39. The van der Waals surface area contributed by atoms with Gasteiger partial charge >= 0.3 is 6.09 Å². The Bertz CT molecular complexity index is 288.